The number of rotatable bonds is 5. The van der Waals surface area contributed by atoms with Crippen molar-refractivity contribution in [2.45, 2.75) is 6.61 Å². The van der Waals surface area contributed by atoms with Gasteiger partial charge < -0.3 is 15.2 Å². The fourth-order valence-corrected chi connectivity index (χ4v) is 3.15. The van der Waals surface area contributed by atoms with Gasteiger partial charge in [0.1, 0.15) is 12.4 Å². The molecule has 148 valence electrons. The van der Waals surface area contributed by atoms with E-state index < -0.39 is 5.91 Å². The van der Waals surface area contributed by atoms with Gasteiger partial charge in [0.2, 0.25) is 0 Å². The number of carbonyl (C=O) groups is 1. The van der Waals surface area contributed by atoms with Crippen molar-refractivity contribution >= 4 is 52.1 Å². The van der Waals surface area contributed by atoms with Gasteiger partial charge in [-0.05, 0) is 48.1 Å². The second kappa shape index (κ2) is 9.60. The number of carbonyl (C=O) groups excluding carboxylic acids is 1. The second-order valence-corrected chi connectivity index (χ2v) is 7.25. The molecule has 1 amide bonds. The number of aromatic hydroxyl groups is 1. The van der Waals surface area contributed by atoms with E-state index in [0.29, 0.717) is 22.9 Å². The van der Waals surface area contributed by atoms with E-state index in [1.54, 1.807) is 24.3 Å². The molecule has 0 saturated carbocycles. The predicted octanol–water partition coefficient (Wildman–Crippen LogP) is 5.40. The summed E-state index contributed by atoms with van der Waals surface area (Å²) in [4.78, 5) is 12.5. The summed E-state index contributed by atoms with van der Waals surface area (Å²) in [5.74, 6) is -0.0936. The predicted molar refractivity (Wildman–Crippen MR) is 119 cm³/mol. The third kappa shape index (κ3) is 5.84. The Morgan fingerprint density at radius 2 is 1.79 bits per heavy atom. The van der Waals surface area contributed by atoms with Gasteiger partial charge in [0, 0.05) is 10.6 Å². The molecule has 0 heterocycles. The number of hydrogen-bond donors (Lipinski definition) is 3. The lowest BCUT2D eigenvalue weighted by Crippen LogP contribution is -2.34. The molecule has 0 aliphatic heterocycles. The molecule has 0 aromatic heterocycles. The van der Waals surface area contributed by atoms with Gasteiger partial charge in [-0.3, -0.25) is 10.1 Å². The molecule has 0 aliphatic rings. The van der Waals surface area contributed by atoms with Gasteiger partial charge in [-0.2, -0.15) is 0 Å². The first-order valence-electron chi connectivity index (χ1n) is 8.49. The number of thiocarbonyl (C=S) groups is 1. The summed E-state index contributed by atoms with van der Waals surface area (Å²) < 4.78 is 5.73. The lowest BCUT2D eigenvalue weighted by atomic mass is 10.2. The van der Waals surface area contributed by atoms with Crippen molar-refractivity contribution < 1.29 is 14.6 Å². The fraction of sp³-hybridized carbons (Fsp3) is 0.0476. The van der Waals surface area contributed by atoms with E-state index in [1.165, 1.54) is 12.1 Å². The van der Waals surface area contributed by atoms with Gasteiger partial charge >= 0.3 is 0 Å². The number of halogens is 2. The zero-order chi connectivity index (χ0) is 20.8. The molecule has 3 rings (SSSR count). The van der Waals surface area contributed by atoms with Gasteiger partial charge in [0.15, 0.2) is 10.9 Å². The lowest BCUT2D eigenvalue weighted by Gasteiger charge is -2.13. The number of ether oxygens (including phenoxy) is 1. The number of phenolic OH excluding ortho intramolecular Hbond substituents is 1. The SMILES string of the molecule is O=C(NC(=S)Nc1cc(Cl)cc(Cl)c1O)c1cccc(OCc2ccccc2)c1. The quantitative estimate of drug-likeness (QED) is 0.361. The molecule has 0 unspecified atom stereocenters. The maximum absolute atomic E-state index is 12.5. The van der Waals surface area contributed by atoms with Gasteiger partial charge in [0.05, 0.1) is 10.7 Å². The van der Waals surface area contributed by atoms with Crippen LogP contribution in [0.5, 0.6) is 11.5 Å². The average Bonchev–Trinajstić information content (AvgIpc) is 2.71. The number of benzene rings is 3. The molecule has 0 fully saturated rings. The summed E-state index contributed by atoms with van der Waals surface area (Å²) in [5.41, 5.74) is 1.58. The van der Waals surface area contributed by atoms with Crippen molar-refractivity contribution in [3.05, 3.63) is 87.9 Å². The Kier molecular flexibility index (Phi) is 6.93. The minimum absolute atomic E-state index is 0.0146. The summed E-state index contributed by atoms with van der Waals surface area (Å²) >= 11 is 16.9. The van der Waals surface area contributed by atoms with Gasteiger partial charge in [-0.1, -0.05) is 59.6 Å². The lowest BCUT2D eigenvalue weighted by molar-refractivity contribution is 0.0977. The van der Waals surface area contributed by atoms with E-state index >= 15 is 0 Å². The smallest absolute Gasteiger partial charge is 0.257 e. The topological polar surface area (TPSA) is 70.6 Å². The summed E-state index contributed by atoms with van der Waals surface area (Å²) in [7, 11) is 0. The molecule has 29 heavy (non-hydrogen) atoms. The van der Waals surface area contributed by atoms with Crippen molar-refractivity contribution in [3.63, 3.8) is 0 Å². The monoisotopic (exact) mass is 446 g/mol. The highest BCUT2D eigenvalue weighted by atomic mass is 35.5. The highest BCUT2D eigenvalue weighted by molar-refractivity contribution is 7.80. The second-order valence-electron chi connectivity index (χ2n) is 5.99. The fourth-order valence-electron chi connectivity index (χ4n) is 2.46. The van der Waals surface area contributed by atoms with Gasteiger partial charge in [0.25, 0.3) is 5.91 Å². The zero-order valence-corrected chi connectivity index (χ0v) is 17.3. The van der Waals surface area contributed by atoms with Crippen molar-refractivity contribution in [2.75, 3.05) is 5.32 Å². The van der Waals surface area contributed by atoms with E-state index in [0.717, 1.165) is 5.56 Å². The minimum Gasteiger partial charge on any atom is -0.504 e. The summed E-state index contributed by atoms with van der Waals surface area (Å²) in [5, 5.41) is 15.6. The van der Waals surface area contributed by atoms with Crippen LogP contribution in [0.25, 0.3) is 0 Å². The van der Waals surface area contributed by atoms with Gasteiger partial charge in [-0.25, -0.2) is 0 Å². The zero-order valence-electron chi connectivity index (χ0n) is 15.0. The summed E-state index contributed by atoms with van der Waals surface area (Å²) in [6.45, 7) is 0.390. The van der Waals surface area contributed by atoms with Crippen LogP contribution >= 0.6 is 35.4 Å². The number of nitrogens with one attached hydrogen (secondary N) is 2. The maximum Gasteiger partial charge on any atom is 0.257 e. The van der Waals surface area contributed by atoms with Crippen molar-refractivity contribution in [3.8, 4) is 11.5 Å². The van der Waals surface area contributed by atoms with E-state index in [9.17, 15) is 9.90 Å². The molecular formula is C21H16Cl2N2O3S. The molecule has 3 aromatic carbocycles. The van der Waals surface area contributed by atoms with Crippen LogP contribution in [0.2, 0.25) is 10.0 Å². The molecule has 0 bridgehead atoms. The Morgan fingerprint density at radius 1 is 1.03 bits per heavy atom. The molecule has 3 N–H and O–H groups in total. The normalized spacial score (nSPS) is 10.3. The molecule has 0 spiro atoms. The third-order valence-corrected chi connectivity index (χ3v) is 4.56. The number of anilines is 1. The van der Waals surface area contributed by atoms with Crippen molar-refractivity contribution in [2.24, 2.45) is 0 Å². The molecular weight excluding hydrogens is 431 g/mol. The molecule has 8 heteroatoms. The summed E-state index contributed by atoms with van der Waals surface area (Å²) in [6, 6.07) is 19.3. The molecule has 0 atom stereocenters. The van der Waals surface area contributed by atoms with Crippen molar-refractivity contribution in [1.29, 1.82) is 0 Å². The van der Waals surface area contributed by atoms with Crippen LogP contribution in [0, 0.1) is 0 Å². The maximum atomic E-state index is 12.5. The minimum atomic E-state index is -0.430. The summed E-state index contributed by atoms with van der Waals surface area (Å²) in [6.07, 6.45) is 0. The third-order valence-electron chi connectivity index (χ3n) is 3.85. The molecule has 5 nitrogen and oxygen atoms in total. The van der Waals surface area contributed by atoms with Crippen LogP contribution < -0.4 is 15.4 Å². The van der Waals surface area contributed by atoms with E-state index in [4.69, 9.17) is 40.2 Å². The van der Waals surface area contributed by atoms with E-state index in [2.05, 4.69) is 10.6 Å². The number of hydrogen-bond acceptors (Lipinski definition) is 4. The van der Waals surface area contributed by atoms with Crippen LogP contribution in [0.4, 0.5) is 5.69 Å². The average molecular weight is 447 g/mol. The molecule has 0 aliphatic carbocycles. The van der Waals surface area contributed by atoms with E-state index in [-0.39, 0.29) is 21.6 Å². The Balaban J connectivity index is 1.62. The first kappa shape index (κ1) is 20.9. The Morgan fingerprint density at radius 3 is 2.55 bits per heavy atom. The Hall–Kier alpha value is -2.80. The highest BCUT2D eigenvalue weighted by Crippen LogP contribution is 2.34. The largest absolute Gasteiger partial charge is 0.504 e. The Bertz CT molecular complexity index is 1050. The van der Waals surface area contributed by atoms with Crippen LogP contribution in [0.15, 0.2) is 66.7 Å². The molecule has 0 radical (unpaired) electrons. The van der Waals surface area contributed by atoms with Crippen molar-refractivity contribution in [1.82, 2.24) is 5.32 Å². The van der Waals surface area contributed by atoms with Crippen LogP contribution in [-0.2, 0) is 6.61 Å². The van der Waals surface area contributed by atoms with E-state index in [1.807, 2.05) is 30.3 Å². The van der Waals surface area contributed by atoms with Crippen LogP contribution in [0.1, 0.15) is 15.9 Å². The Labute approximate surface area is 183 Å². The number of phenols is 1. The number of amides is 1. The molecule has 0 saturated heterocycles. The molecule has 3 aromatic rings. The first-order chi connectivity index (χ1) is 13.9. The van der Waals surface area contributed by atoms with Crippen LogP contribution in [-0.4, -0.2) is 16.1 Å². The standard InChI is InChI=1S/C21H16Cl2N2O3S/c22-15-10-17(23)19(26)18(11-15)24-21(29)25-20(27)14-7-4-8-16(9-14)28-12-13-5-2-1-3-6-13/h1-11,26H,12H2,(H2,24,25,27,29). The van der Waals surface area contributed by atoms with Gasteiger partial charge in [-0.15, -0.1) is 0 Å². The highest BCUT2D eigenvalue weighted by Gasteiger charge is 2.13. The first-order valence-corrected chi connectivity index (χ1v) is 9.66. The van der Waals surface area contributed by atoms with Crippen LogP contribution in [0.3, 0.4) is 0 Å².